The molecule has 3 atom stereocenters. The molecule has 6 heteroatoms. The quantitative estimate of drug-likeness (QED) is 0.601. The summed E-state index contributed by atoms with van der Waals surface area (Å²) in [4.78, 5) is 29.5. The molecule has 2 amide bonds. The van der Waals surface area contributed by atoms with Crippen molar-refractivity contribution in [3.8, 4) is 0 Å². The van der Waals surface area contributed by atoms with E-state index >= 15 is 0 Å². The van der Waals surface area contributed by atoms with Gasteiger partial charge in [0.1, 0.15) is 11.2 Å². The zero-order valence-corrected chi connectivity index (χ0v) is 19.9. The second-order valence-electron chi connectivity index (χ2n) is 9.72. The summed E-state index contributed by atoms with van der Waals surface area (Å²) in [7, 11) is 0. The number of benzene rings is 1. The normalized spacial score (nSPS) is 25.7. The van der Waals surface area contributed by atoms with Gasteiger partial charge >= 0.3 is 0 Å². The number of amides is 2. The molecule has 0 radical (unpaired) electrons. The number of hydrogen-bond acceptors (Lipinski definition) is 3. The fourth-order valence-electron chi connectivity index (χ4n) is 5.33. The van der Waals surface area contributed by atoms with Crippen LogP contribution in [0.25, 0.3) is 10.2 Å². The topological polar surface area (TPSA) is 54.3 Å². The van der Waals surface area contributed by atoms with E-state index in [4.69, 9.17) is 0 Å². The van der Waals surface area contributed by atoms with Crippen LogP contribution in [0.1, 0.15) is 61.1 Å². The summed E-state index contributed by atoms with van der Waals surface area (Å²) in [6, 6.07) is 12.3. The molecule has 1 saturated carbocycles. The van der Waals surface area contributed by atoms with E-state index in [1.165, 1.54) is 6.42 Å². The summed E-state index contributed by atoms with van der Waals surface area (Å²) in [5.74, 6) is 0.351. The Balaban J connectivity index is 1.54. The Morgan fingerprint density at radius 2 is 2.00 bits per heavy atom. The minimum atomic E-state index is -0.961. The van der Waals surface area contributed by atoms with Crippen molar-refractivity contribution < 1.29 is 9.59 Å². The number of carbonyl (C=O) groups excluding carboxylic acids is 2. The Labute approximate surface area is 193 Å². The van der Waals surface area contributed by atoms with E-state index < -0.39 is 5.54 Å². The van der Waals surface area contributed by atoms with E-state index in [2.05, 4.69) is 37.4 Å². The van der Waals surface area contributed by atoms with Gasteiger partial charge in [0.2, 0.25) is 5.91 Å². The number of nitrogens with zero attached hydrogens (tertiary/aromatic N) is 2. The minimum Gasteiger partial charge on any atom is -0.351 e. The highest BCUT2D eigenvalue weighted by molar-refractivity contribution is 7.17. The Kier molecular flexibility index (Phi) is 5.36. The van der Waals surface area contributed by atoms with Gasteiger partial charge in [-0.15, -0.1) is 11.3 Å². The maximum Gasteiger partial charge on any atom is 0.271 e. The summed E-state index contributed by atoms with van der Waals surface area (Å²) in [5, 5.41) is 5.40. The Hall–Kier alpha value is -2.60. The Morgan fingerprint density at radius 3 is 2.78 bits per heavy atom. The van der Waals surface area contributed by atoms with Gasteiger partial charge < -0.3 is 14.8 Å². The molecule has 32 heavy (non-hydrogen) atoms. The van der Waals surface area contributed by atoms with Crippen LogP contribution in [0, 0.1) is 12.8 Å². The lowest BCUT2D eigenvalue weighted by molar-refractivity contribution is -0.134. The van der Waals surface area contributed by atoms with E-state index in [9.17, 15) is 9.59 Å². The smallest absolute Gasteiger partial charge is 0.271 e. The summed E-state index contributed by atoms with van der Waals surface area (Å²) >= 11 is 1.64. The number of aryl methyl sites for hydroxylation is 1. The lowest BCUT2D eigenvalue weighted by Crippen LogP contribution is -2.65. The van der Waals surface area contributed by atoms with Gasteiger partial charge in [-0.05, 0) is 61.2 Å². The zero-order valence-electron chi connectivity index (χ0n) is 19.1. The van der Waals surface area contributed by atoms with Crippen LogP contribution in [0.5, 0.6) is 0 Å². The second kappa shape index (κ2) is 8.07. The lowest BCUT2D eigenvalue weighted by atomic mass is 9.84. The van der Waals surface area contributed by atoms with Gasteiger partial charge in [0.25, 0.3) is 5.91 Å². The van der Waals surface area contributed by atoms with Gasteiger partial charge in [0.05, 0.1) is 16.8 Å². The second-order valence-corrected chi connectivity index (χ2v) is 10.7. The monoisotopic (exact) mass is 449 g/mol. The first kappa shape index (κ1) is 21.3. The average Bonchev–Trinajstić information content (AvgIpc) is 3.36. The van der Waals surface area contributed by atoms with Crippen LogP contribution in [0.2, 0.25) is 0 Å². The van der Waals surface area contributed by atoms with Crippen LogP contribution < -0.4 is 5.32 Å². The van der Waals surface area contributed by atoms with E-state index in [0.29, 0.717) is 24.7 Å². The lowest BCUT2D eigenvalue weighted by Gasteiger charge is -2.45. The Morgan fingerprint density at radius 1 is 1.22 bits per heavy atom. The van der Waals surface area contributed by atoms with E-state index in [-0.39, 0.29) is 17.9 Å². The van der Waals surface area contributed by atoms with Gasteiger partial charge in [-0.25, -0.2) is 0 Å². The molecule has 168 valence electrons. The number of fused-ring (bicyclic) bond motifs is 3. The molecule has 0 saturated heterocycles. The third-order valence-electron chi connectivity index (χ3n) is 7.56. The number of carbonyl (C=O) groups is 2. The molecule has 0 bridgehead atoms. The molecule has 1 aliphatic carbocycles. The van der Waals surface area contributed by atoms with Crippen molar-refractivity contribution in [2.24, 2.45) is 5.92 Å². The molecule has 0 spiro atoms. The van der Waals surface area contributed by atoms with Crippen molar-refractivity contribution in [2.45, 2.75) is 71.1 Å². The van der Waals surface area contributed by atoms with Gasteiger partial charge in [0.15, 0.2) is 0 Å². The van der Waals surface area contributed by atoms with Crippen molar-refractivity contribution in [1.29, 1.82) is 0 Å². The predicted octanol–water partition coefficient (Wildman–Crippen LogP) is 5.12. The van der Waals surface area contributed by atoms with Crippen LogP contribution in [0.4, 0.5) is 0 Å². The summed E-state index contributed by atoms with van der Waals surface area (Å²) in [5.41, 5.74) is 2.96. The van der Waals surface area contributed by atoms with E-state index in [0.717, 1.165) is 40.6 Å². The summed E-state index contributed by atoms with van der Waals surface area (Å²) < 4.78 is 3.14. The molecule has 5 nitrogen and oxygen atoms in total. The Bertz CT molecular complexity index is 1180. The number of thiophene rings is 1. The molecular weight excluding hydrogens is 418 g/mol. The van der Waals surface area contributed by atoms with Crippen LogP contribution in [-0.4, -0.2) is 32.9 Å². The molecule has 3 heterocycles. The first-order valence-electron chi connectivity index (χ1n) is 11.6. The van der Waals surface area contributed by atoms with Gasteiger partial charge in [-0.2, -0.15) is 0 Å². The molecule has 1 aliphatic heterocycles. The van der Waals surface area contributed by atoms with Crippen LogP contribution in [0.3, 0.4) is 0 Å². The van der Waals surface area contributed by atoms with Crippen LogP contribution in [-0.2, 0) is 17.9 Å². The van der Waals surface area contributed by atoms with Crippen molar-refractivity contribution in [2.75, 3.05) is 0 Å². The highest BCUT2D eigenvalue weighted by atomic mass is 32.1. The zero-order chi connectivity index (χ0) is 22.5. The first-order valence-corrected chi connectivity index (χ1v) is 12.5. The van der Waals surface area contributed by atoms with Gasteiger partial charge in [-0.1, -0.05) is 44.0 Å². The number of hydrogen-bond donors (Lipinski definition) is 1. The molecule has 2 aliphatic rings. The third-order valence-corrected chi connectivity index (χ3v) is 8.41. The molecular formula is C26H31N3O2S. The van der Waals surface area contributed by atoms with Crippen molar-refractivity contribution >= 4 is 33.4 Å². The van der Waals surface area contributed by atoms with Crippen LogP contribution >= 0.6 is 11.3 Å². The highest BCUT2D eigenvalue weighted by Gasteiger charge is 2.48. The number of rotatable bonds is 4. The molecule has 5 rings (SSSR count). The van der Waals surface area contributed by atoms with Crippen molar-refractivity contribution in [3.05, 3.63) is 58.6 Å². The molecule has 1 aromatic carbocycles. The van der Waals surface area contributed by atoms with Gasteiger partial charge in [-0.3, -0.25) is 9.59 Å². The first-order chi connectivity index (χ1) is 15.4. The van der Waals surface area contributed by atoms with Crippen molar-refractivity contribution in [3.63, 3.8) is 0 Å². The average molecular weight is 450 g/mol. The third kappa shape index (κ3) is 3.45. The number of nitrogens with one attached hydrogen (secondary N) is 1. The van der Waals surface area contributed by atoms with Gasteiger partial charge in [0, 0.05) is 12.6 Å². The number of aromatic nitrogens is 1. The summed E-state index contributed by atoms with van der Waals surface area (Å²) in [6.07, 6.45) is 4.53. The molecule has 1 fully saturated rings. The standard InChI is InChI=1S/C26H31N3O2S/c1-17-8-4-6-10-19(17)15-29-24(30)22-14-23-21(12-13-32-23)28(22)16-26(29,3)25(31)27-20-11-7-5-9-18(20)2/h4,6,8,10,12-14,18,20H,5,7,9,11,15-16H2,1-3H3,(H,27,31)/t18-,20-,26+/m0/s1. The van der Waals surface area contributed by atoms with Crippen LogP contribution in [0.15, 0.2) is 41.8 Å². The fourth-order valence-corrected chi connectivity index (χ4v) is 6.16. The maximum absolute atomic E-state index is 13.9. The molecule has 2 aromatic heterocycles. The fraction of sp³-hybridized carbons (Fsp3) is 0.462. The molecule has 1 N–H and O–H groups in total. The van der Waals surface area contributed by atoms with E-state index in [1.807, 2.05) is 35.1 Å². The molecule has 3 aromatic rings. The predicted molar refractivity (Wildman–Crippen MR) is 129 cm³/mol. The summed E-state index contributed by atoms with van der Waals surface area (Å²) in [6.45, 7) is 7.11. The van der Waals surface area contributed by atoms with Crippen molar-refractivity contribution in [1.82, 2.24) is 14.8 Å². The largest absolute Gasteiger partial charge is 0.351 e. The maximum atomic E-state index is 13.9. The SMILES string of the molecule is Cc1ccccc1CN1C(=O)c2cc3sccc3n2C[C@]1(C)C(=O)N[C@H]1CCCC[C@@H]1C. The highest BCUT2D eigenvalue weighted by Crippen LogP contribution is 2.36. The molecule has 0 unspecified atom stereocenters. The minimum absolute atomic E-state index is 0.0408. The van der Waals surface area contributed by atoms with E-state index in [1.54, 1.807) is 16.2 Å².